The molecular formula is C47H31NO2. The zero-order valence-electron chi connectivity index (χ0n) is 27.2. The summed E-state index contributed by atoms with van der Waals surface area (Å²) in [6.45, 7) is 0. The maximum absolute atomic E-state index is 6.43. The van der Waals surface area contributed by atoms with Gasteiger partial charge in [-0.2, -0.15) is 0 Å². The molecule has 0 bridgehead atoms. The molecule has 1 aliphatic carbocycles. The van der Waals surface area contributed by atoms with Gasteiger partial charge in [-0.05, 0) is 111 Å². The predicted molar refractivity (Wildman–Crippen MR) is 204 cm³/mol. The summed E-state index contributed by atoms with van der Waals surface area (Å²) >= 11 is 0. The zero-order valence-corrected chi connectivity index (χ0v) is 27.2. The molecule has 236 valence electrons. The molecule has 2 aliphatic rings. The summed E-state index contributed by atoms with van der Waals surface area (Å²) < 4.78 is 12.7. The van der Waals surface area contributed by atoms with Crippen LogP contribution < -0.4 is 4.74 Å². The van der Waals surface area contributed by atoms with Gasteiger partial charge in [-0.1, -0.05) is 103 Å². The fraction of sp³-hybridized carbons (Fsp3) is 0.0426. The summed E-state index contributed by atoms with van der Waals surface area (Å²) in [5.74, 6) is 1.10. The minimum absolute atomic E-state index is 0.00790. The highest BCUT2D eigenvalue weighted by Gasteiger charge is 2.33. The Hall–Kier alpha value is -6.45. The van der Waals surface area contributed by atoms with Gasteiger partial charge in [-0.3, -0.25) is 4.98 Å². The van der Waals surface area contributed by atoms with Crippen LogP contribution in [0.25, 0.3) is 72.0 Å². The lowest BCUT2D eigenvalue weighted by Gasteiger charge is -2.19. The Morgan fingerprint density at radius 1 is 0.480 bits per heavy atom. The largest absolute Gasteiger partial charge is 0.485 e. The van der Waals surface area contributed by atoms with E-state index in [4.69, 9.17) is 9.15 Å². The van der Waals surface area contributed by atoms with Gasteiger partial charge in [-0.15, -0.1) is 0 Å². The molecule has 0 N–H and O–H groups in total. The summed E-state index contributed by atoms with van der Waals surface area (Å²) in [4.78, 5) is 4.31. The molecule has 0 saturated carbocycles. The van der Waals surface area contributed by atoms with Crippen molar-refractivity contribution < 1.29 is 9.15 Å². The van der Waals surface area contributed by atoms with Crippen LogP contribution >= 0.6 is 0 Å². The summed E-state index contributed by atoms with van der Waals surface area (Å²) in [5.41, 5.74) is 14.8. The van der Waals surface area contributed by atoms with Crippen molar-refractivity contribution in [2.24, 2.45) is 0 Å². The lowest BCUT2D eigenvalue weighted by atomic mass is 9.85. The minimum Gasteiger partial charge on any atom is -0.485 e. The van der Waals surface area contributed by atoms with Crippen molar-refractivity contribution in [2.45, 2.75) is 12.0 Å². The lowest BCUT2D eigenvalue weighted by Crippen LogP contribution is -2.17. The van der Waals surface area contributed by atoms with E-state index in [9.17, 15) is 0 Å². The van der Waals surface area contributed by atoms with Crippen LogP contribution in [-0.4, -0.2) is 11.1 Å². The van der Waals surface area contributed by atoms with Gasteiger partial charge in [0.05, 0.1) is 0 Å². The zero-order chi connectivity index (χ0) is 33.0. The van der Waals surface area contributed by atoms with Crippen LogP contribution in [0, 0.1) is 0 Å². The van der Waals surface area contributed by atoms with E-state index in [0.717, 1.165) is 44.4 Å². The van der Waals surface area contributed by atoms with Crippen LogP contribution in [0.2, 0.25) is 0 Å². The monoisotopic (exact) mass is 641 g/mol. The normalized spacial score (nSPS) is 16.2. The maximum Gasteiger partial charge on any atom is 0.135 e. The van der Waals surface area contributed by atoms with E-state index in [1.807, 2.05) is 18.5 Å². The first-order valence-corrected chi connectivity index (χ1v) is 17.1. The summed E-state index contributed by atoms with van der Waals surface area (Å²) in [6, 6.07) is 51.7. The summed E-state index contributed by atoms with van der Waals surface area (Å²) in [5, 5.41) is 2.26. The van der Waals surface area contributed by atoms with Crippen molar-refractivity contribution in [2.75, 3.05) is 0 Å². The Morgan fingerprint density at radius 2 is 1.08 bits per heavy atom. The fourth-order valence-corrected chi connectivity index (χ4v) is 7.53. The predicted octanol–water partition coefficient (Wildman–Crippen LogP) is 12.1. The Labute approximate surface area is 290 Å². The second kappa shape index (κ2) is 11.6. The highest BCUT2D eigenvalue weighted by atomic mass is 16.5. The van der Waals surface area contributed by atoms with Crippen LogP contribution in [0.1, 0.15) is 17.0 Å². The van der Waals surface area contributed by atoms with E-state index in [1.165, 1.54) is 44.5 Å². The third-order valence-electron chi connectivity index (χ3n) is 10.1. The van der Waals surface area contributed by atoms with E-state index >= 15 is 0 Å². The van der Waals surface area contributed by atoms with Crippen molar-refractivity contribution in [1.29, 1.82) is 0 Å². The van der Waals surface area contributed by atoms with E-state index in [1.54, 1.807) is 0 Å². The number of allylic oxidation sites excluding steroid dienone is 2. The molecule has 0 radical (unpaired) electrons. The van der Waals surface area contributed by atoms with E-state index in [0.29, 0.717) is 0 Å². The number of pyridine rings is 1. The maximum atomic E-state index is 6.43. The molecule has 2 atom stereocenters. The molecule has 6 aromatic carbocycles. The number of fused-ring (bicyclic) bond motifs is 6. The average molecular weight is 642 g/mol. The van der Waals surface area contributed by atoms with Crippen LogP contribution in [0.15, 0.2) is 181 Å². The number of furan rings is 1. The number of hydrogen-bond donors (Lipinski definition) is 0. The van der Waals surface area contributed by atoms with Crippen molar-refractivity contribution >= 4 is 27.5 Å². The lowest BCUT2D eigenvalue weighted by molar-refractivity contribution is 0.269. The second-order valence-corrected chi connectivity index (χ2v) is 13.1. The molecule has 10 rings (SSSR count). The van der Waals surface area contributed by atoms with E-state index in [2.05, 4.69) is 163 Å². The molecule has 0 fully saturated rings. The fourth-order valence-electron chi connectivity index (χ4n) is 7.53. The molecule has 0 spiro atoms. The smallest absolute Gasteiger partial charge is 0.135 e. The third-order valence-corrected chi connectivity index (χ3v) is 10.1. The molecule has 3 heteroatoms. The van der Waals surface area contributed by atoms with Gasteiger partial charge in [0.15, 0.2) is 0 Å². The first-order valence-electron chi connectivity index (χ1n) is 17.1. The molecule has 0 saturated heterocycles. The molecule has 2 aromatic heterocycles. The van der Waals surface area contributed by atoms with Gasteiger partial charge in [0.25, 0.3) is 0 Å². The summed E-state index contributed by atoms with van der Waals surface area (Å²) in [7, 11) is 0. The third kappa shape index (κ3) is 4.94. The Morgan fingerprint density at radius 3 is 1.82 bits per heavy atom. The van der Waals surface area contributed by atoms with Crippen molar-refractivity contribution in [3.63, 3.8) is 0 Å². The topological polar surface area (TPSA) is 35.3 Å². The number of rotatable bonds is 5. The first-order chi connectivity index (χ1) is 24.7. The molecule has 3 heterocycles. The Bertz CT molecular complexity index is 2630. The molecule has 8 aromatic rings. The summed E-state index contributed by atoms with van der Waals surface area (Å²) in [6.07, 6.45) is 10.5. The molecule has 50 heavy (non-hydrogen) atoms. The van der Waals surface area contributed by atoms with Crippen LogP contribution in [0.3, 0.4) is 0 Å². The molecular weight excluding hydrogens is 611 g/mol. The van der Waals surface area contributed by atoms with Crippen LogP contribution in [0.4, 0.5) is 0 Å². The van der Waals surface area contributed by atoms with Gasteiger partial charge in [0, 0.05) is 40.2 Å². The number of hydrogen-bond acceptors (Lipinski definition) is 3. The van der Waals surface area contributed by atoms with Gasteiger partial charge in [0.1, 0.15) is 23.0 Å². The Kier molecular flexibility index (Phi) is 6.63. The SMILES string of the molecule is C1=CC2Oc3ccc(-c4cccc(-c5cccnc5)c4)cc3C2C=C1c1cccc(-c2ccc3oc4ccc(-c5ccccc5)cc4c3c2)c1. The van der Waals surface area contributed by atoms with Crippen LogP contribution in [-0.2, 0) is 0 Å². The van der Waals surface area contributed by atoms with E-state index in [-0.39, 0.29) is 12.0 Å². The number of nitrogens with zero attached hydrogens (tertiary/aromatic N) is 1. The Balaban J connectivity index is 0.977. The number of aromatic nitrogens is 1. The average Bonchev–Trinajstić information content (AvgIpc) is 3.75. The van der Waals surface area contributed by atoms with Gasteiger partial charge < -0.3 is 9.15 Å². The molecule has 2 unspecified atom stereocenters. The van der Waals surface area contributed by atoms with Crippen LogP contribution in [0.5, 0.6) is 5.75 Å². The first kappa shape index (κ1) is 28.6. The standard InChI is InChI=1S/C47H31NO2/c1-2-7-30(8-3-1)35-14-18-44-40(25-35)41-26-36(15-19-45(41)49-44)31-9-4-10-32(23-31)37-16-20-46-42(27-37)43-28-38(17-21-47(43)50-46)33-11-5-12-34(24-33)39-13-6-22-48-29-39/h1-29,42,46H. The van der Waals surface area contributed by atoms with Gasteiger partial charge in [0.2, 0.25) is 0 Å². The van der Waals surface area contributed by atoms with Gasteiger partial charge in [-0.25, -0.2) is 0 Å². The highest BCUT2D eigenvalue weighted by Crippen LogP contribution is 2.45. The minimum atomic E-state index is -0.00790. The van der Waals surface area contributed by atoms with Crippen molar-refractivity contribution in [3.8, 4) is 50.3 Å². The molecule has 0 amide bonds. The van der Waals surface area contributed by atoms with E-state index < -0.39 is 0 Å². The van der Waals surface area contributed by atoms with Gasteiger partial charge >= 0.3 is 0 Å². The number of ether oxygens (including phenoxy) is 1. The second-order valence-electron chi connectivity index (χ2n) is 13.1. The quantitative estimate of drug-likeness (QED) is 0.188. The molecule has 3 nitrogen and oxygen atoms in total. The van der Waals surface area contributed by atoms with Crippen molar-refractivity contribution in [1.82, 2.24) is 4.98 Å². The molecule has 1 aliphatic heterocycles. The highest BCUT2D eigenvalue weighted by molar-refractivity contribution is 6.07. The van der Waals surface area contributed by atoms with Crippen molar-refractivity contribution in [3.05, 3.63) is 187 Å². The number of benzene rings is 6.